The van der Waals surface area contributed by atoms with Gasteiger partial charge in [-0.05, 0) is 25.2 Å². The van der Waals surface area contributed by atoms with Crippen molar-refractivity contribution in [2.24, 2.45) is 0 Å². The number of hydrogen-bond donors (Lipinski definition) is 1. The quantitative estimate of drug-likeness (QED) is 0.862. The SMILES string of the molecule is CN1CCN(C(=O)Nc2ccc(Cl)c(C(F)(F)F)c2)CC1. The minimum absolute atomic E-state index is 0.0793. The Hall–Kier alpha value is -1.47. The number of amides is 2. The first-order chi connectivity index (χ1) is 9.77. The number of rotatable bonds is 1. The number of urea groups is 1. The Morgan fingerprint density at radius 1 is 1.24 bits per heavy atom. The predicted molar refractivity (Wildman–Crippen MR) is 74.5 cm³/mol. The summed E-state index contributed by atoms with van der Waals surface area (Å²) in [5, 5.41) is 2.09. The molecule has 1 aliphatic heterocycles. The molecule has 1 aromatic rings. The number of nitrogens with one attached hydrogen (secondary N) is 1. The normalized spacial score (nSPS) is 16.9. The zero-order valence-electron chi connectivity index (χ0n) is 11.4. The zero-order valence-corrected chi connectivity index (χ0v) is 12.1. The smallest absolute Gasteiger partial charge is 0.322 e. The molecule has 1 aliphatic rings. The van der Waals surface area contributed by atoms with E-state index in [1.807, 2.05) is 7.05 Å². The first kappa shape index (κ1) is 15.9. The Morgan fingerprint density at radius 2 is 1.86 bits per heavy atom. The van der Waals surface area contributed by atoms with E-state index in [1.165, 1.54) is 6.07 Å². The third-order valence-corrected chi connectivity index (χ3v) is 3.64. The van der Waals surface area contributed by atoms with Crippen LogP contribution >= 0.6 is 11.6 Å². The van der Waals surface area contributed by atoms with Gasteiger partial charge in [0.1, 0.15) is 0 Å². The van der Waals surface area contributed by atoms with Gasteiger partial charge in [0, 0.05) is 31.9 Å². The summed E-state index contributed by atoms with van der Waals surface area (Å²) in [6.45, 7) is 2.56. The first-order valence-corrected chi connectivity index (χ1v) is 6.76. The van der Waals surface area contributed by atoms with Gasteiger partial charge in [-0.2, -0.15) is 13.2 Å². The number of carbonyl (C=O) groups is 1. The van der Waals surface area contributed by atoms with Crippen molar-refractivity contribution in [3.05, 3.63) is 28.8 Å². The summed E-state index contributed by atoms with van der Waals surface area (Å²) in [6.07, 6.45) is -4.55. The lowest BCUT2D eigenvalue weighted by atomic mass is 10.2. The molecule has 0 unspecified atom stereocenters. The molecule has 1 aromatic carbocycles. The van der Waals surface area contributed by atoms with Crippen molar-refractivity contribution in [1.29, 1.82) is 0 Å². The zero-order chi connectivity index (χ0) is 15.6. The molecule has 0 aromatic heterocycles. The number of piperazine rings is 1. The monoisotopic (exact) mass is 321 g/mol. The van der Waals surface area contributed by atoms with Gasteiger partial charge >= 0.3 is 12.2 Å². The minimum atomic E-state index is -4.55. The Bertz CT molecular complexity index is 528. The van der Waals surface area contributed by atoms with Gasteiger partial charge in [-0.1, -0.05) is 11.6 Å². The summed E-state index contributed by atoms with van der Waals surface area (Å²) in [4.78, 5) is 15.7. The number of benzene rings is 1. The van der Waals surface area contributed by atoms with Gasteiger partial charge < -0.3 is 15.1 Å². The van der Waals surface area contributed by atoms with E-state index in [2.05, 4.69) is 10.2 Å². The molecule has 0 saturated carbocycles. The van der Waals surface area contributed by atoms with Gasteiger partial charge in [-0.3, -0.25) is 0 Å². The van der Waals surface area contributed by atoms with Crippen LogP contribution in [0, 0.1) is 0 Å². The van der Waals surface area contributed by atoms with Crippen LogP contribution in [-0.2, 0) is 6.18 Å². The average molecular weight is 322 g/mol. The van der Waals surface area contributed by atoms with Crippen molar-refractivity contribution in [2.45, 2.75) is 6.18 Å². The van der Waals surface area contributed by atoms with Gasteiger partial charge in [-0.15, -0.1) is 0 Å². The highest BCUT2D eigenvalue weighted by molar-refractivity contribution is 6.31. The molecule has 21 heavy (non-hydrogen) atoms. The number of likely N-dealkylation sites (N-methyl/N-ethyl adjacent to an activating group) is 1. The molecule has 0 aliphatic carbocycles. The molecule has 0 atom stereocenters. The molecule has 8 heteroatoms. The molecule has 1 saturated heterocycles. The summed E-state index contributed by atoms with van der Waals surface area (Å²) in [7, 11) is 1.95. The van der Waals surface area contributed by atoms with Crippen molar-refractivity contribution in [1.82, 2.24) is 9.80 Å². The summed E-state index contributed by atoms with van der Waals surface area (Å²) < 4.78 is 38.3. The molecular weight excluding hydrogens is 307 g/mol. The molecular formula is C13H15ClF3N3O. The van der Waals surface area contributed by atoms with Crippen molar-refractivity contribution >= 4 is 23.3 Å². The van der Waals surface area contributed by atoms with Crippen molar-refractivity contribution in [2.75, 3.05) is 38.5 Å². The highest BCUT2D eigenvalue weighted by Gasteiger charge is 2.33. The van der Waals surface area contributed by atoms with Crippen LogP contribution in [0.2, 0.25) is 5.02 Å². The van der Waals surface area contributed by atoms with Crippen LogP contribution < -0.4 is 5.32 Å². The third kappa shape index (κ3) is 4.01. The maximum Gasteiger partial charge on any atom is 0.417 e. The molecule has 0 bridgehead atoms. The largest absolute Gasteiger partial charge is 0.417 e. The van der Waals surface area contributed by atoms with Crippen molar-refractivity contribution in [3.63, 3.8) is 0 Å². The fraction of sp³-hybridized carbons (Fsp3) is 0.462. The van der Waals surface area contributed by atoms with Crippen molar-refractivity contribution < 1.29 is 18.0 Å². The first-order valence-electron chi connectivity index (χ1n) is 6.38. The van der Waals surface area contributed by atoms with E-state index in [-0.39, 0.29) is 10.7 Å². The predicted octanol–water partition coefficient (Wildman–Crippen LogP) is 3.14. The molecule has 116 valence electrons. The van der Waals surface area contributed by atoms with Crippen LogP contribution in [0.5, 0.6) is 0 Å². The van der Waals surface area contributed by atoms with E-state index in [0.717, 1.165) is 25.2 Å². The lowest BCUT2D eigenvalue weighted by molar-refractivity contribution is -0.137. The van der Waals surface area contributed by atoms with Gasteiger partial charge in [0.15, 0.2) is 0 Å². The molecule has 0 spiro atoms. The van der Waals surface area contributed by atoms with Gasteiger partial charge in [-0.25, -0.2) is 4.79 Å². The van der Waals surface area contributed by atoms with E-state index < -0.39 is 17.8 Å². The van der Waals surface area contributed by atoms with E-state index in [4.69, 9.17) is 11.6 Å². The highest BCUT2D eigenvalue weighted by atomic mass is 35.5. The fourth-order valence-electron chi connectivity index (χ4n) is 2.03. The van der Waals surface area contributed by atoms with E-state index in [1.54, 1.807) is 4.90 Å². The number of carbonyl (C=O) groups excluding carboxylic acids is 1. The molecule has 0 radical (unpaired) electrons. The van der Waals surface area contributed by atoms with Gasteiger partial charge in [0.2, 0.25) is 0 Å². The summed E-state index contributed by atoms with van der Waals surface area (Å²) >= 11 is 5.53. The number of halogens is 4. The van der Waals surface area contributed by atoms with Crippen molar-refractivity contribution in [3.8, 4) is 0 Å². The van der Waals surface area contributed by atoms with E-state index in [9.17, 15) is 18.0 Å². The Labute approximate surface area is 125 Å². The fourth-order valence-corrected chi connectivity index (χ4v) is 2.26. The Kier molecular flexibility index (Phi) is 4.63. The second-order valence-corrected chi connectivity index (χ2v) is 5.32. The van der Waals surface area contributed by atoms with Crippen LogP contribution in [0.3, 0.4) is 0 Å². The Morgan fingerprint density at radius 3 is 2.43 bits per heavy atom. The highest BCUT2D eigenvalue weighted by Crippen LogP contribution is 2.36. The van der Waals surface area contributed by atoms with E-state index in [0.29, 0.717) is 13.1 Å². The number of alkyl halides is 3. The minimum Gasteiger partial charge on any atom is -0.322 e. The van der Waals surface area contributed by atoms with Gasteiger partial charge in [0.05, 0.1) is 10.6 Å². The molecule has 1 fully saturated rings. The lowest BCUT2D eigenvalue weighted by Gasteiger charge is -2.32. The summed E-state index contributed by atoms with van der Waals surface area (Å²) in [5.74, 6) is 0. The number of nitrogens with zero attached hydrogens (tertiary/aromatic N) is 2. The molecule has 2 rings (SSSR count). The molecule has 1 heterocycles. The maximum atomic E-state index is 12.8. The number of hydrogen-bond acceptors (Lipinski definition) is 2. The van der Waals surface area contributed by atoms with E-state index >= 15 is 0 Å². The lowest BCUT2D eigenvalue weighted by Crippen LogP contribution is -2.48. The molecule has 4 nitrogen and oxygen atoms in total. The van der Waals surface area contributed by atoms with Gasteiger partial charge in [0.25, 0.3) is 0 Å². The second-order valence-electron chi connectivity index (χ2n) is 4.91. The maximum absolute atomic E-state index is 12.8. The third-order valence-electron chi connectivity index (χ3n) is 3.31. The van der Waals surface area contributed by atoms with Crippen LogP contribution in [-0.4, -0.2) is 49.1 Å². The van der Waals surface area contributed by atoms with Crippen LogP contribution in [0.15, 0.2) is 18.2 Å². The van der Waals surface area contributed by atoms with Crippen LogP contribution in [0.25, 0.3) is 0 Å². The molecule has 2 amide bonds. The average Bonchev–Trinajstić information content (AvgIpc) is 2.40. The van der Waals surface area contributed by atoms with Crippen LogP contribution in [0.1, 0.15) is 5.56 Å². The second kappa shape index (κ2) is 6.11. The summed E-state index contributed by atoms with van der Waals surface area (Å²) in [6, 6.07) is 2.92. The molecule has 1 N–H and O–H groups in total. The number of anilines is 1. The van der Waals surface area contributed by atoms with Crippen LogP contribution in [0.4, 0.5) is 23.7 Å². The topological polar surface area (TPSA) is 35.6 Å². The summed E-state index contributed by atoms with van der Waals surface area (Å²) in [5.41, 5.74) is -0.879. The Balaban J connectivity index is 2.08. The standard InChI is InChI=1S/C13H15ClF3N3O/c1-19-4-6-20(7-5-19)12(21)18-9-2-3-11(14)10(8-9)13(15,16)17/h2-3,8H,4-7H2,1H3,(H,18,21).